The lowest BCUT2D eigenvalue weighted by Gasteiger charge is -2.22. The normalized spacial score (nSPS) is 17.2. The minimum Gasteiger partial charge on any atom is -0.486 e. The van der Waals surface area contributed by atoms with Gasteiger partial charge in [0.25, 0.3) is 0 Å². The SMILES string of the molecule is O=C(Cc1ccc(F)c(F)c1)N=CC(Cc1ccc2c(c1)OCCO2)CN1CCCC1. The lowest BCUT2D eigenvalue weighted by atomic mass is 9.99. The van der Waals surface area contributed by atoms with E-state index in [-0.39, 0.29) is 18.2 Å². The summed E-state index contributed by atoms with van der Waals surface area (Å²) in [5.74, 6) is -0.713. The number of amides is 1. The van der Waals surface area contributed by atoms with Crippen molar-refractivity contribution in [3.05, 3.63) is 59.2 Å². The highest BCUT2D eigenvalue weighted by Gasteiger charge is 2.19. The second kappa shape index (κ2) is 10.0. The Balaban J connectivity index is 1.43. The van der Waals surface area contributed by atoms with Crippen molar-refractivity contribution < 1.29 is 23.0 Å². The number of aliphatic imine (C=N–C) groups is 1. The summed E-state index contributed by atoms with van der Waals surface area (Å²) < 4.78 is 37.7. The molecule has 0 spiro atoms. The van der Waals surface area contributed by atoms with Crippen LogP contribution in [0, 0.1) is 17.6 Å². The number of benzene rings is 2. The second-order valence-corrected chi connectivity index (χ2v) is 8.05. The Morgan fingerprint density at radius 3 is 2.52 bits per heavy atom. The van der Waals surface area contributed by atoms with E-state index < -0.39 is 11.6 Å². The van der Waals surface area contributed by atoms with Crippen molar-refractivity contribution >= 4 is 12.1 Å². The predicted octanol–water partition coefficient (Wildman–Crippen LogP) is 3.83. The zero-order valence-corrected chi connectivity index (χ0v) is 17.4. The van der Waals surface area contributed by atoms with Gasteiger partial charge in [-0.2, -0.15) is 0 Å². The van der Waals surface area contributed by atoms with Crippen molar-refractivity contribution in [2.24, 2.45) is 10.9 Å². The Hall–Kier alpha value is -2.80. The summed E-state index contributed by atoms with van der Waals surface area (Å²) in [5, 5.41) is 0. The summed E-state index contributed by atoms with van der Waals surface area (Å²) in [6, 6.07) is 9.40. The summed E-state index contributed by atoms with van der Waals surface area (Å²) >= 11 is 0. The molecule has 5 nitrogen and oxygen atoms in total. The molecule has 1 atom stereocenters. The summed E-state index contributed by atoms with van der Waals surface area (Å²) in [4.78, 5) is 18.8. The molecule has 164 valence electrons. The van der Waals surface area contributed by atoms with Gasteiger partial charge in [0.2, 0.25) is 5.91 Å². The molecule has 7 heteroatoms. The van der Waals surface area contributed by atoms with Gasteiger partial charge >= 0.3 is 0 Å². The average Bonchev–Trinajstić information content (AvgIpc) is 3.28. The van der Waals surface area contributed by atoms with Crippen molar-refractivity contribution in [3.63, 3.8) is 0 Å². The number of carbonyl (C=O) groups is 1. The number of halogens is 2. The number of nitrogens with zero attached hydrogens (tertiary/aromatic N) is 2. The molecular formula is C24H26F2N2O3. The van der Waals surface area contributed by atoms with Crippen LogP contribution in [0.1, 0.15) is 24.0 Å². The van der Waals surface area contributed by atoms with Gasteiger partial charge in [0, 0.05) is 18.7 Å². The lowest BCUT2D eigenvalue weighted by molar-refractivity contribution is -0.117. The van der Waals surface area contributed by atoms with E-state index in [9.17, 15) is 13.6 Å². The van der Waals surface area contributed by atoms with Gasteiger partial charge in [-0.15, -0.1) is 0 Å². The molecule has 2 aromatic carbocycles. The van der Waals surface area contributed by atoms with Gasteiger partial charge in [-0.1, -0.05) is 12.1 Å². The minimum atomic E-state index is -0.959. The zero-order valence-electron chi connectivity index (χ0n) is 17.4. The fourth-order valence-electron chi connectivity index (χ4n) is 4.04. The molecule has 1 amide bonds. The Bertz CT molecular complexity index is 958. The molecule has 0 radical (unpaired) electrons. The van der Waals surface area contributed by atoms with Crippen LogP contribution in [0.4, 0.5) is 8.78 Å². The van der Waals surface area contributed by atoms with E-state index in [4.69, 9.17) is 9.47 Å². The van der Waals surface area contributed by atoms with Crippen LogP contribution in [0.3, 0.4) is 0 Å². The highest BCUT2D eigenvalue weighted by atomic mass is 19.2. The quantitative estimate of drug-likeness (QED) is 0.629. The maximum Gasteiger partial charge on any atom is 0.249 e. The molecule has 0 saturated carbocycles. The van der Waals surface area contributed by atoms with Gasteiger partial charge in [0.15, 0.2) is 23.1 Å². The smallest absolute Gasteiger partial charge is 0.249 e. The van der Waals surface area contributed by atoms with Crippen LogP contribution in [0.15, 0.2) is 41.4 Å². The van der Waals surface area contributed by atoms with Crippen molar-refractivity contribution in [1.82, 2.24) is 4.90 Å². The van der Waals surface area contributed by atoms with Crippen molar-refractivity contribution in [1.29, 1.82) is 0 Å². The molecule has 2 aromatic rings. The van der Waals surface area contributed by atoms with Gasteiger partial charge in [0.05, 0.1) is 6.42 Å². The highest BCUT2D eigenvalue weighted by Crippen LogP contribution is 2.31. The summed E-state index contributed by atoms with van der Waals surface area (Å²) in [6.45, 7) is 4.00. The van der Waals surface area contributed by atoms with Gasteiger partial charge in [0.1, 0.15) is 13.2 Å². The third-order valence-corrected chi connectivity index (χ3v) is 5.56. The average molecular weight is 428 g/mol. The zero-order chi connectivity index (χ0) is 21.6. The van der Waals surface area contributed by atoms with Crippen LogP contribution in [0.5, 0.6) is 11.5 Å². The topological polar surface area (TPSA) is 51.1 Å². The molecule has 0 aromatic heterocycles. The standard InChI is InChI=1S/C24H26F2N2O3/c25-20-5-3-18(12-21(20)26)14-24(29)27-15-19(16-28-7-1-2-8-28)11-17-4-6-22-23(13-17)31-10-9-30-22/h3-6,12-13,15,19H,1-2,7-11,14,16H2. The van der Waals surface area contributed by atoms with Crippen LogP contribution in [-0.2, 0) is 17.6 Å². The predicted molar refractivity (Wildman–Crippen MR) is 114 cm³/mol. The third-order valence-electron chi connectivity index (χ3n) is 5.56. The van der Waals surface area contributed by atoms with Crippen LogP contribution < -0.4 is 9.47 Å². The molecule has 0 N–H and O–H groups in total. The van der Waals surface area contributed by atoms with E-state index >= 15 is 0 Å². The molecular weight excluding hydrogens is 402 g/mol. The molecule has 0 aliphatic carbocycles. The van der Waals surface area contributed by atoms with Gasteiger partial charge in [-0.25, -0.2) is 13.8 Å². The number of fused-ring (bicyclic) bond motifs is 1. The fraction of sp³-hybridized carbons (Fsp3) is 0.417. The molecule has 2 heterocycles. The lowest BCUT2D eigenvalue weighted by Crippen LogP contribution is -2.29. The molecule has 1 saturated heterocycles. The van der Waals surface area contributed by atoms with E-state index in [1.165, 1.54) is 18.9 Å². The Morgan fingerprint density at radius 1 is 1.00 bits per heavy atom. The molecule has 1 fully saturated rings. The number of likely N-dealkylation sites (tertiary alicyclic amines) is 1. The molecule has 4 rings (SSSR count). The maximum absolute atomic E-state index is 13.4. The van der Waals surface area contributed by atoms with Crippen molar-refractivity contribution in [2.75, 3.05) is 32.8 Å². The summed E-state index contributed by atoms with van der Waals surface area (Å²) in [5.41, 5.74) is 1.50. The fourth-order valence-corrected chi connectivity index (χ4v) is 4.04. The van der Waals surface area contributed by atoms with Crippen LogP contribution in [0.25, 0.3) is 0 Å². The van der Waals surface area contributed by atoms with Gasteiger partial charge in [-0.05, 0) is 67.7 Å². The first-order valence-corrected chi connectivity index (χ1v) is 10.7. The monoisotopic (exact) mass is 428 g/mol. The number of carbonyl (C=O) groups excluding carboxylic acids is 1. The third kappa shape index (κ3) is 5.88. The number of hydrogen-bond acceptors (Lipinski definition) is 4. The van der Waals surface area contributed by atoms with Gasteiger partial charge in [-0.3, -0.25) is 4.79 Å². The highest BCUT2D eigenvalue weighted by molar-refractivity contribution is 5.87. The molecule has 0 bridgehead atoms. The van der Waals surface area contributed by atoms with E-state index in [1.807, 2.05) is 18.2 Å². The van der Waals surface area contributed by atoms with E-state index in [1.54, 1.807) is 6.21 Å². The number of ether oxygens (including phenoxy) is 2. The van der Waals surface area contributed by atoms with Crippen molar-refractivity contribution in [3.8, 4) is 11.5 Å². The summed E-state index contributed by atoms with van der Waals surface area (Å²) in [7, 11) is 0. The second-order valence-electron chi connectivity index (χ2n) is 8.05. The van der Waals surface area contributed by atoms with E-state index in [0.717, 1.165) is 55.3 Å². The number of hydrogen-bond donors (Lipinski definition) is 0. The molecule has 31 heavy (non-hydrogen) atoms. The first kappa shape index (κ1) is 21.4. The van der Waals surface area contributed by atoms with Crippen LogP contribution in [-0.4, -0.2) is 49.9 Å². The Morgan fingerprint density at radius 2 is 1.74 bits per heavy atom. The minimum absolute atomic E-state index is 0.0505. The first-order valence-electron chi connectivity index (χ1n) is 10.7. The first-order chi connectivity index (χ1) is 15.1. The number of rotatable bonds is 7. The molecule has 2 aliphatic heterocycles. The van der Waals surface area contributed by atoms with Crippen LogP contribution >= 0.6 is 0 Å². The maximum atomic E-state index is 13.4. The molecule has 1 unspecified atom stereocenters. The Labute approximate surface area is 180 Å². The summed E-state index contributed by atoms with van der Waals surface area (Å²) in [6.07, 6.45) is 4.73. The van der Waals surface area contributed by atoms with Crippen LogP contribution in [0.2, 0.25) is 0 Å². The Kier molecular flexibility index (Phi) is 6.92. The van der Waals surface area contributed by atoms with Crippen molar-refractivity contribution in [2.45, 2.75) is 25.7 Å². The molecule has 2 aliphatic rings. The van der Waals surface area contributed by atoms with Gasteiger partial charge < -0.3 is 14.4 Å². The van der Waals surface area contributed by atoms with E-state index in [2.05, 4.69) is 9.89 Å². The van der Waals surface area contributed by atoms with E-state index in [0.29, 0.717) is 18.8 Å². The largest absolute Gasteiger partial charge is 0.486 e.